The van der Waals surface area contributed by atoms with Crippen molar-refractivity contribution in [1.29, 1.82) is 0 Å². The monoisotopic (exact) mass is 530 g/mol. The Morgan fingerprint density at radius 3 is 2.14 bits per heavy atom. The number of amides is 1. The van der Waals surface area contributed by atoms with Crippen molar-refractivity contribution in [2.24, 2.45) is 10.7 Å². The lowest BCUT2D eigenvalue weighted by atomic mass is 9.81. The highest BCUT2D eigenvalue weighted by Crippen LogP contribution is 2.41. The van der Waals surface area contributed by atoms with Gasteiger partial charge < -0.3 is 14.7 Å². The zero-order valence-electron chi connectivity index (χ0n) is 20.5. The number of ether oxygens (including phenoxy) is 1. The molecule has 0 saturated carbocycles. The Morgan fingerprint density at radius 1 is 0.944 bits per heavy atom. The molecular weight excluding hydrogens is 504 g/mol. The number of aromatic nitrogens is 1. The van der Waals surface area contributed by atoms with Crippen molar-refractivity contribution >= 4 is 34.4 Å². The third kappa shape index (κ3) is 5.00. The van der Waals surface area contributed by atoms with Crippen LogP contribution in [0.1, 0.15) is 22.5 Å². The Kier molecular flexibility index (Phi) is 7.33. The van der Waals surface area contributed by atoms with E-state index in [1.807, 2.05) is 44.2 Å². The van der Waals surface area contributed by atoms with Gasteiger partial charge in [-0.15, -0.1) is 12.4 Å². The number of aliphatic imine (C=N–C) groups is 1. The summed E-state index contributed by atoms with van der Waals surface area (Å²) in [6.07, 6.45) is 0.972. The largest absolute Gasteiger partial charge is 0.497 e. The molecule has 0 fully saturated rings. The molecule has 1 amide bonds. The average molecular weight is 531 g/mol. The maximum atomic E-state index is 13.6. The molecule has 36 heavy (non-hydrogen) atoms. The topological polar surface area (TPSA) is 124 Å². The number of aryl methyl sites for hydroxylation is 2. The Bertz CT molecular complexity index is 1450. The second-order valence-corrected chi connectivity index (χ2v) is 10.0. The first kappa shape index (κ1) is 27.0. The zero-order valence-corrected chi connectivity index (χ0v) is 22.1. The summed E-state index contributed by atoms with van der Waals surface area (Å²) in [7, 11) is -0.672. The lowest BCUT2D eigenvalue weighted by molar-refractivity contribution is -0.129. The highest BCUT2D eigenvalue weighted by atomic mass is 35.5. The molecule has 1 aliphatic heterocycles. The predicted molar refractivity (Wildman–Crippen MR) is 140 cm³/mol. The molecule has 1 aromatic heterocycles. The van der Waals surface area contributed by atoms with Crippen molar-refractivity contribution in [3.8, 4) is 22.6 Å². The van der Waals surface area contributed by atoms with E-state index < -0.39 is 15.7 Å². The normalized spacial score (nSPS) is 17.4. The summed E-state index contributed by atoms with van der Waals surface area (Å²) >= 11 is 0. The standard InChI is InChI=1S/C25H26N4O5S.ClH/c1-15-9-20(10-16(2)27-15)25(23(30)29(3)24(26)28-25)19-8-6-7-17(11-19)18-12-21(33-4)14-22(13-18)34-35(5,31)32;/h6-14H,1-5H3,(H2,26,28);1H. The number of methoxy groups -OCH3 is 1. The van der Waals surface area contributed by atoms with E-state index in [0.29, 0.717) is 28.0 Å². The summed E-state index contributed by atoms with van der Waals surface area (Å²) in [6, 6.07) is 15.8. The Morgan fingerprint density at radius 2 is 1.58 bits per heavy atom. The van der Waals surface area contributed by atoms with Crippen molar-refractivity contribution in [1.82, 2.24) is 9.88 Å². The molecule has 0 aliphatic carbocycles. The summed E-state index contributed by atoms with van der Waals surface area (Å²) in [4.78, 5) is 24.0. The molecule has 1 atom stereocenters. The van der Waals surface area contributed by atoms with Gasteiger partial charge in [0.2, 0.25) is 0 Å². The number of rotatable bonds is 6. The van der Waals surface area contributed by atoms with E-state index in [0.717, 1.165) is 17.6 Å². The van der Waals surface area contributed by atoms with Crippen LogP contribution >= 0.6 is 12.4 Å². The van der Waals surface area contributed by atoms with Crippen LogP contribution in [0.15, 0.2) is 59.6 Å². The van der Waals surface area contributed by atoms with Gasteiger partial charge in [0.1, 0.15) is 11.5 Å². The molecule has 3 aromatic rings. The number of likely N-dealkylation sites (N-methyl/N-ethyl adjacent to an activating group) is 1. The van der Waals surface area contributed by atoms with Gasteiger partial charge in [-0.25, -0.2) is 4.99 Å². The predicted octanol–water partition coefficient (Wildman–Crippen LogP) is 3.16. The second-order valence-electron chi connectivity index (χ2n) is 8.45. The van der Waals surface area contributed by atoms with Crippen LogP contribution in [0.5, 0.6) is 11.5 Å². The minimum Gasteiger partial charge on any atom is -0.497 e. The van der Waals surface area contributed by atoms with Crippen LogP contribution in [-0.4, -0.2) is 50.6 Å². The first-order valence-electron chi connectivity index (χ1n) is 10.7. The molecule has 190 valence electrons. The molecule has 0 saturated heterocycles. The van der Waals surface area contributed by atoms with E-state index in [1.54, 1.807) is 25.2 Å². The molecule has 1 unspecified atom stereocenters. The number of nitrogens with two attached hydrogens (primary N) is 1. The van der Waals surface area contributed by atoms with Crippen LogP contribution < -0.4 is 14.7 Å². The fraction of sp³-hybridized carbons (Fsp3) is 0.240. The van der Waals surface area contributed by atoms with Gasteiger partial charge in [0.15, 0.2) is 11.5 Å². The van der Waals surface area contributed by atoms with Crippen LogP contribution in [0.25, 0.3) is 11.1 Å². The molecule has 2 aromatic carbocycles. The van der Waals surface area contributed by atoms with E-state index in [1.165, 1.54) is 18.1 Å². The van der Waals surface area contributed by atoms with Crippen molar-refractivity contribution in [2.75, 3.05) is 20.4 Å². The highest BCUT2D eigenvalue weighted by Gasteiger charge is 2.49. The van der Waals surface area contributed by atoms with Gasteiger partial charge in [0.25, 0.3) is 5.91 Å². The van der Waals surface area contributed by atoms with Gasteiger partial charge in [-0.3, -0.25) is 14.7 Å². The Hall–Kier alpha value is -3.63. The van der Waals surface area contributed by atoms with E-state index >= 15 is 0 Å². The van der Waals surface area contributed by atoms with Crippen LogP contribution in [0.4, 0.5) is 0 Å². The minimum atomic E-state index is -3.74. The molecule has 2 heterocycles. The third-order valence-electron chi connectivity index (χ3n) is 5.72. The van der Waals surface area contributed by atoms with Crippen LogP contribution in [0.3, 0.4) is 0 Å². The van der Waals surface area contributed by atoms with Crippen LogP contribution in [0.2, 0.25) is 0 Å². The summed E-state index contributed by atoms with van der Waals surface area (Å²) in [5, 5.41) is 0. The summed E-state index contributed by atoms with van der Waals surface area (Å²) in [6.45, 7) is 3.72. The first-order valence-corrected chi connectivity index (χ1v) is 12.5. The second kappa shape index (κ2) is 9.79. The lowest BCUT2D eigenvalue weighted by Gasteiger charge is -2.27. The van der Waals surface area contributed by atoms with Crippen molar-refractivity contribution in [3.05, 3.63) is 77.1 Å². The van der Waals surface area contributed by atoms with Gasteiger partial charge in [-0.05, 0) is 66.4 Å². The number of pyridine rings is 1. The lowest BCUT2D eigenvalue weighted by Crippen LogP contribution is -2.41. The number of carbonyl (C=O) groups excluding carboxylic acids is 1. The van der Waals surface area contributed by atoms with Crippen LogP contribution in [0, 0.1) is 13.8 Å². The molecule has 4 rings (SSSR count). The van der Waals surface area contributed by atoms with E-state index in [4.69, 9.17) is 14.7 Å². The molecule has 1 aliphatic rings. The number of hydrogen-bond acceptors (Lipinski definition) is 8. The van der Waals surface area contributed by atoms with Gasteiger partial charge in [0, 0.05) is 24.5 Å². The number of hydrogen-bond donors (Lipinski definition) is 1. The Labute approximate surface area is 216 Å². The summed E-state index contributed by atoms with van der Waals surface area (Å²) in [5.41, 5.74) is 8.83. The first-order chi connectivity index (χ1) is 16.4. The maximum Gasteiger partial charge on any atom is 0.306 e. The number of guanidine groups is 1. The minimum absolute atomic E-state index is 0. The van der Waals surface area contributed by atoms with E-state index in [2.05, 4.69) is 9.98 Å². The molecule has 11 heteroatoms. The maximum absolute atomic E-state index is 13.6. The molecular formula is C25H27ClN4O5S. The quantitative estimate of drug-likeness (QED) is 0.485. The summed E-state index contributed by atoms with van der Waals surface area (Å²) in [5.74, 6) is 0.350. The van der Waals surface area contributed by atoms with Crippen LogP contribution in [-0.2, 0) is 20.5 Å². The number of nitrogens with zero attached hydrogens (tertiary/aromatic N) is 3. The SMILES string of the molecule is COc1cc(OS(C)(=O)=O)cc(-c2cccc(C3(c4cc(C)nc(C)c4)N=C(N)N(C)C3=O)c2)c1.Cl. The molecule has 0 radical (unpaired) electrons. The number of benzene rings is 2. The molecule has 0 bridgehead atoms. The fourth-order valence-electron chi connectivity index (χ4n) is 4.23. The van der Waals surface area contributed by atoms with Crippen molar-refractivity contribution in [2.45, 2.75) is 19.4 Å². The Balaban J connectivity index is 0.00000361. The van der Waals surface area contributed by atoms with Gasteiger partial charge in [-0.1, -0.05) is 18.2 Å². The van der Waals surface area contributed by atoms with E-state index in [-0.39, 0.29) is 30.0 Å². The third-order valence-corrected chi connectivity index (χ3v) is 6.21. The fourth-order valence-corrected chi connectivity index (χ4v) is 4.68. The molecule has 0 spiro atoms. The molecule has 2 N–H and O–H groups in total. The average Bonchev–Trinajstić information content (AvgIpc) is 3.02. The van der Waals surface area contributed by atoms with Crippen molar-refractivity contribution < 1.29 is 22.1 Å². The summed E-state index contributed by atoms with van der Waals surface area (Å²) < 4.78 is 33.8. The molecule has 9 nitrogen and oxygen atoms in total. The van der Waals surface area contributed by atoms with Gasteiger partial charge >= 0.3 is 10.1 Å². The van der Waals surface area contributed by atoms with Gasteiger partial charge in [-0.2, -0.15) is 8.42 Å². The van der Waals surface area contributed by atoms with Crippen molar-refractivity contribution in [3.63, 3.8) is 0 Å². The van der Waals surface area contributed by atoms with Gasteiger partial charge in [0.05, 0.1) is 13.4 Å². The number of carbonyl (C=O) groups is 1. The smallest absolute Gasteiger partial charge is 0.306 e. The number of halogens is 1. The van der Waals surface area contributed by atoms with E-state index in [9.17, 15) is 13.2 Å². The zero-order chi connectivity index (χ0) is 25.5. The highest BCUT2D eigenvalue weighted by molar-refractivity contribution is 7.86.